The van der Waals surface area contributed by atoms with Crippen LogP contribution in [0.1, 0.15) is 5.56 Å². The molecule has 0 saturated carbocycles. The SMILES string of the molecule is O=C(O)C=Cc1ccccc1OCCOc1cc(Cl)ccc1Cl. The third-order valence-electron chi connectivity index (χ3n) is 2.82. The maximum atomic E-state index is 10.6. The van der Waals surface area contributed by atoms with E-state index in [-0.39, 0.29) is 13.2 Å². The molecule has 6 heteroatoms. The lowest BCUT2D eigenvalue weighted by Gasteiger charge is -2.11. The summed E-state index contributed by atoms with van der Waals surface area (Å²) in [7, 11) is 0. The van der Waals surface area contributed by atoms with Gasteiger partial charge in [-0.1, -0.05) is 41.4 Å². The van der Waals surface area contributed by atoms with Gasteiger partial charge in [-0.2, -0.15) is 0 Å². The summed E-state index contributed by atoms with van der Waals surface area (Å²) in [5.74, 6) is 0.0475. The predicted molar refractivity (Wildman–Crippen MR) is 90.6 cm³/mol. The van der Waals surface area contributed by atoms with Gasteiger partial charge in [0.25, 0.3) is 0 Å². The Morgan fingerprint density at radius 1 is 1.04 bits per heavy atom. The molecule has 0 atom stereocenters. The number of carboxylic acids is 1. The van der Waals surface area contributed by atoms with E-state index in [4.69, 9.17) is 37.8 Å². The molecule has 0 fully saturated rings. The van der Waals surface area contributed by atoms with Gasteiger partial charge in [-0.15, -0.1) is 0 Å². The Bertz CT molecular complexity index is 713. The van der Waals surface area contributed by atoms with Crippen molar-refractivity contribution in [2.24, 2.45) is 0 Å². The number of carboxylic acid groups (broad SMARTS) is 1. The molecule has 0 unspecified atom stereocenters. The summed E-state index contributed by atoms with van der Waals surface area (Å²) >= 11 is 11.9. The predicted octanol–water partition coefficient (Wildman–Crippen LogP) is 4.55. The van der Waals surface area contributed by atoms with E-state index in [0.717, 1.165) is 6.08 Å². The molecule has 0 aliphatic rings. The van der Waals surface area contributed by atoms with Gasteiger partial charge in [0, 0.05) is 22.7 Å². The Labute approximate surface area is 143 Å². The van der Waals surface area contributed by atoms with Crippen LogP contribution in [0.4, 0.5) is 0 Å². The molecule has 0 aromatic heterocycles. The van der Waals surface area contributed by atoms with Gasteiger partial charge in [0.15, 0.2) is 0 Å². The standard InChI is InChI=1S/C17H14Cl2O4/c18-13-6-7-14(19)16(11-13)23-10-9-22-15-4-2-1-3-12(15)5-8-17(20)21/h1-8,11H,9-10H2,(H,20,21). The van der Waals surface area contributed by atoms with Crippen molar-refractivity contribution in [1.29, 1.82) is 0 Å². The van der Waals surface area contributed by atoms with E-state index in [0.29, 0.717) is 27.1 Å². The second-order valence-electron chi connectivity index (χ2n) is 4.48. The Balaban J connectivity index is 1.91. The van der Waals surface area contributed by atoms with Crippen molar-refractivity contribution in [1.82, 2.24) is 0 Å². The molecule has 2 aromatic rings. The van der Waals surface area contributed by atoms with Gasteiger partial charge in [0.05, 0.1) is 5.02 Å². The van der Waals surface area contributed by atoms with Crippen molar-refractivity contribution in [2.75, 3.05) is 13.2 Å². The first kappa shape index (κ1) is 17.2. The van der Waals surface area contributed by atoms with Crippen molar-refractivity contribution >= 4 is 35.2 Å². The van der Waals surface area contributed by atoms with Crippen LogP contribution >= 0.6 is 23.2 Å². The number of benzene rings is 2. The smallest absolute Gasteiger partial charge is 0.328 e. The minimum absolute atomic E-state index is 0.275. The lowest BCUT2D eigenvalue weighted by Crippen LogP contribution is -2.09. The number of carbonyl (C=O) groups is 1. The molecule has 0 bridgehead atoms. The molecule has 0 radical (unpaired) electrons. The summed E-state index contributed by atoms with van der Waals surface area (Å²) in [6.07, 6.45) is 2.54. The molecular weight excluding hydrogens is 339 g/mol. The molecular formula is C17H14Cl2O4. The van der Waals surface area contributed by atoms with E-state index in [1.165, 1.54) is 6.08 Å². The summed E-state index contributed by atoms with van der Waals surface area (Å²) in [6, 6.07) is 12.1. The van der Waals surface area contributed by atoms with Gasteiger partial charge in [-0.3, -0.25) is 0 Å². The third kappa shape index (κ3) is 5.51. The molecule has 120 valence electrons. The highest BCUT2D eigenvalue weighted by atomic mass is 35.5. The molecule has 0 saturated heterocycles. The van der Waals surface area contributed by atoms with E-state index >= 15 is 0 Å². The van der Waals surface area contributed by atoms with Gasteiger partial charge >= 0.3 is 5.97 Å². The fraction of sp³-hybridized carbons (Fsp3) is 0.118. The zero-order chi connectivity index (χ0) is 16.7. The first-order chi connectivity index (χ1) is 11.1. The Kier molecular flexibility index (Phi) is 6.32. The molecule has 0 spiro atoms. The van der Waals surface area contributed by atoms with Crippen LogP contribution in [0.3, 0.4) is 0 Å². The molecule has 4 nitrogen and oxygen atoms in total. The Morgan fingerprint density at radius 3 is 2.48 bits per heavy atom. The van der Waals surface area contributed by atoms with Crippen LogP contribution in [-0.4, -0.2) is 24.3 Å². The van der Waals surface area contributed by atoms with Crippen molar-refractivity contribution in [3.8, 4) is 11.5 Å². The largest absolute Gasteiger partial charge is 0.489 e. The fourth-order valence-corrected chi connectivity index (χ4v) is 2.14. The Morgan fingerprint density at radius 2 is 1.74 bits per heavy atom. The van der Waals surface area contributed by atoms with Gasteiger partial charge in [0.2, 0.25) is 0 Å². The minimum atomic E-state index is -1.02. The van der Waals surface area contributed by atoms with Gasteiger partial charge in [-0.25, -0.2) is 4.79 Å². The average molecular weight is 353 g/mol. The molecule has 2 aromatic carbocycles. The van der Waals surface area contributed by atoms with Gasteiger partial charge in [0.1, 0.15) is 24.7 Å². The van der Waals surface area contributed by atoms with E-state index < -0.39 is 5.97 Å². The first-order valence-electron chi connectivity index (χ1n) is 6.77. The first-order valence-corrected chi connectivity index (χ1v) is 7.52. The van der Waals surface area contributed by atoms with Crippen molar-refractivity contribution in [2.45, 2.75) is 0 Å². The fourth-order valence-electron chi connectivity index (χ4n) is 1.80. The van der Waals surface area contributed by atoms with Crippen LogP contribution in [-0.2, 0) is 4.79 Å². The monoisotopic (exact) mass is 352 g/mol. The highest BCUT2D eigenvalue weighted by molar-refractivity contribution is 6.34. The summed E-state index contributed by atoms with van der Waals surface area (Å²) in [6.45, 7) is 0.553. The van der Waals surface area contributed by atoms with Crippen LogP contribution in [0.25, 0.3) is 6.08 Å². The number of aliphatic carboxylic acids is 1. The van der Waals surface area contributed by atoms with Crippen LogP contribution in [0.5, 0.6) is 11.5 Å². The van der Waals surface area contributed by atoms with E-state index in [2.05, 4.69) is 0 Å². The summed E-state index contributed by atoms with van der Waals surface area (Å²) in [5, 5.41) is 9.69. The topological polar surface area (TPSA) is 55.8 Å². The normalized spacial score (nSPS) is 10.7. The van der Waals surface area contributed by atoms with Crippen molar-refractivity contribution in [3.63, 3.8) is 0 Å². The maximum Gasteiger partial charge on any atom is 0.328 e. The lowest BCUT2D eigenvalue weighted by atomic mass is 10.2. The van der Waals surface area contributed by atoms with Gasteiger partial charge < -0.3 is 14.6 Å². The highest BCUT2D eigenvalue weighted by Crippen LogP contribution is 2.27. The summed E-state index contributed by atoms with van der Waals surface area (Å²) in [4.78, 5) is 10.6. The summed E-state index contributed by atoms with van der Waals surface area (Å²) < 4.78 is 11.1. The zero-order valence-electron chi connectivity index (χ0n) is 12.0. The average Bonchev–Trinajstić information content (AvgIpc) is 2.53. The van der Waals surface area contributed by atoms with Crippen molar-refractivity contribution in [3.05, 3.63) is 64.1 Å². The van der Waals surface area contributed by atoms with Gasteiger partial charge in [-0.05, 0) is 24.3 Å². The molecule has 0 amide bonds. The van der Waals surface area contributed by atoms with E-state index in [9.17, 15) is 4.79 Å². The number of hydrogen-bond acceptors (Lipinski definition) is 3. The number of ether oxygens (including phenoxy) is 2. The molecule has 2 rings (SSSR count). The minimum Gasteiger partial charge on any atom is -0.489 e. The number of halogens is 2. The number of rotatable bonds is 7. The van der Waals surface area contributed by atoms with Crippen LogP contribution in [0, 0.1) is 0 Å². The molecule has 0 aliphatic carbocycles. The van der Waals surface area contributed by atoms with Crippen LogP contribution in [0.15, 0.2) is 48.5 Å². The molecule has 0 aliphatic heterocycles. The maximum absolute atomic E-state index is 10.6. The third-order valence-corrected chi connectivity index (χ3v) is 3.36. The Hall–Kier alpha value is -2.17. The summed E-state index contributed by atoms with van der Waals surface area (Å²) in [5.41, 5.74) is 0.677. The molecule has 1 N–H and O–H groups in total. The molecule has 0 heterocycles. The zero-order valence-corrected chi connectivity index (χ0v) is 13.6. The number of hydrogen-bond donors (Lipinski definition) is 1. The van der Waals surface area contributed by atoms with E-state index in [1.807, 2.05) is 6.07 Å². The quantitative estimate of drug-likeness (QED) is 0.586. The number of para-hydroxylation sites is 1. The van der Waals surface area contributed by atoms with Crippen LogP contribution < -0.4 is 9.47 Å². The second kappa shape index (κ2) is 8.46. The van der Waals surface area contributed by atoms with Crippen molar-refractivity contribution < 1.29 is 19.4 Å². The van der Waals surface area contributed by atoms with Crippen LogP contribution in [0.2, 0.25) is 10.0 Å². The highest BCUT2D eigenvalue weighted by Gasteiger charge is 2.04. The lowest BCUT2D eigenvalue weighted by molar-refractivity contribution is -0.131. The van der Waals surface area contributed by atoms with E-state index in [1.54, 1.807) is 36.4 Å². The second-order valence-corrected chi connectivity index (χ2v) is 5.32. The molecule has 23 heavy (non-hydrogen) atoms.